The van der Waals surface area contributed by atoms with Crippen molar-refractivity contribution in [3.63, 3.8) is 0 Å². The lowest BCUT2D eigenvalue weighted by Crippen LogP contribution is -2.49. The molecule has 0 radical (unpaired) electrons. The average molecular weight is 527 g/mol. The monoisotopic (exact) mass is 526 g/mol. The number of hydrogen-bond acceptors (Lipinski definition) is 8. The van der Waals surface area contributed by atoms with Gasteiger partial charge in [-0.15, -0.1) is 0 Å². The molecule has 1 unspecified atom stereocenters. The van der Waals surface area contributed by atoms with Crippen LogP contribution in [0.5, 0.6) is 5.75 Å². The first-order valence-electron chi connectivity index (χ1n) is 13.0. The summed E-state index contributed by atoms with van der Waals surface area (Å²) in [6, 6.07) is 15.0. The molecule has 0 saturated carbocycles. The van der Waals surface area contributed by atoms with Gasteiger partial charge in [-0.05, 0) is 48.7 Å². The Morgan fingerprint density at radius 3 is 2.34 bits per heavy atom. The molecule has 1 atom stereocenters. The first kappa shape index (κ1) is 29.1. The molecule has 0 N–H and O–H groups in total. The van der Waals surface area contributed by atoms with E-state index in [1.54, 1.807) is 26.2 Å². The molecule has 0 aliphatic carbocycles. The highest BCUT2D eigenvalue weighted by Crippen LogP contribution is 2.25. The van der Waals surface area contributed by atoms with Gasteiger partial charge in [-0.2, -0.15) is 0 Å². The van der Waals surface area contributed by atoms with Gasteiger partial charge in [0.15, 0.2) is 0 Å². The van der Waals surface area contributed by atoms with Crippen LogP contribution in [0.2, 0.25) is 0 Å². The van der Waals surface area contributed by atoms with E-state index >= 15 is 0 Å². The molecule has 1 heterocycles. The highest BCUT2D eigenvalue weighted by atomic mass is 16.5. The van der Waals surface area contributed by atoms with Crippen LogP contribution in [0.25, 0.3) is 0 Å². The zero-order chi connectivity index (χ0) is 27.3. The van der Waals surface area contributed by atoms with Gasteiger partial charge in [-0.1, -0.05) is 24.3 Å². The summed E-state index contributed by atoms with van der Waals surface area (Å²) in [5.74, 6) is 0.207. The normalized spacial score (nSPS) is 14.6. The molecule has 0 spiro atoms. The molecule has 1 saturated heterocycles. The number of nitrogens with zero attached hydrogens (tertiary/aromatic N) is 2. The molecule has 3 rings (SSSR count). The van der Waals surface area contributed by atoms with Crippen molar-refractivity contribution < 1.29 is 33.3 Å². The largest absolute Gasteiger partial charge is 0.497 e. The van der Waals surface area contributed by atoms with Crippen LogP contribution in [-0.2, 0) is 30.4 Å². The lowest BCUT2D eigenvalue weighted by atomic mass is 10.1. The minimum absolute atomic E-state index is 0.0740. The average Bonchev–Trinajstić information content (AvgIpc) is 2.95. The van der Waals surface area contributed by atoms with Crippen LogP contribution in [0.1, 0.15) is 53.8 Å². The second kappa shape index (κ2) is 15.1. The van der Waals surface area contributed by atoms with Crippen LogP contribution in [0.15, 0.2) is 48.5 Å². The Bertz CT molecular complexity index is 1050. The van der Waals surface area contributed by atoms with Crippen LogP contribution < -0.4 is 4.74 Å². The van der Waals surface area contributed by atoms with Gasteiger partial charge in [0.25, 0.3) is 0 Å². The molecule has 38 heavy (non-hydrogen) atoms. The van der Waals surface area contributed by atoms with Gasteiger partial charge in [-0.25, -0.2) is 4.79 Å². The van der Waals surface area contributed by atoms with Crippen molar-refractivity contribution in [2.24, 2.45) is 0 Å². The van der Waals surface area contributed by atoms with Crippen LogP contribution in [0.3, 0.4) is 0 Å². The number of piperazine rings is 1. The standard InChI is InChI=1S/C29H38N2O7/c1-4-37-28(33)10-6-9-27(32)31-17-15-30(16-18-31)20-26(24-7-5-8-25(19-24)35-2)38-21-22-11-13-23(14-12-22)29(34)36-3/h5,7-8,11-14,19,26H,4,6,9-10,15-18,20-21H2,1-3H3. The highest BCUT2D eigenvalue weighted by Gasteiger charge is 2.24. The van der Waals surface area contributed by atoms with Crippen molar-refractivity contribution in [3.05, 3.63) is 65.2 Å². The summed E-state index contributed by atoms with van der Waals surface area (Å²) < 4.78 is 21.5. The minimum Gasteiger partial charge on any atom is -0.497 e. The smallest absolute Gasteiger partial charge is 0.337 e. The third kappa shape index (κ3) is 8.85. The number of benzene rings is 2. The quantitative estimate of drug-likeness (QED) is 0.366. The van der Waals surface area contributed by atoms with E-state index in [0.717, 1.165) is 30.0 Å². The summed E-state index contributed by atoms with van der Waals surface area (Å²) in [6.07, 6.45) is 0.912. The number of carbonyl (C=O) groups is 3. The summed E-state index contributed by atoms with van der Waals surface area (Å²) in [5, 5.41) is 0. The summed E-state index contributed by atoms with van der Waals surface area (Å²) >= 11 is 0. The number of carbonyl (C=O) groups excluding carboxylic acids is 3. The highest BCUT2D eigenvalue weighted by molar-refractivity contribution is 5.89. The Balaban J connectivity index is 1.56. The number of ether oxygens (including phenoxy) is 4. The molecule has 1 fully saturated rings. The number of esters is 2. The molecule has 0 aromatic heterocycles. The molecule has 2 aromatic rings. The van der Waals surface area contributed by atoms with E-state index in [1.165, 1.54) is 7.11 Å². The fraction of sp³-hybridized carbons (Fsp3) is 0.483. The van der Waals surface area contributed by atoms with E-state index in [4.69, 9.17) is 18.9 Å². The van der Waals surface area contributed by atoms with Crippen LogP contribution in [0.4, 0.5) is 0 Å². The van der Waals surface area contributed by atoms with Gasteiger partial charge in [-0.3, -0.25) is 14.5 Å². The van der Waals surface area contributed by atoms with Crippen molar-refractivity contribution in [1.82, 2.24) is 9.80 Å². The zero-order valence-electron chi connectivity index (χ0n) is 22.5. The van der Waals surface area contributed by atoms with Crippen LogP contribution in [-0.4, -0.2) is 81.2 Å². The maximum absolute atomic E-state index is 12.6. The van der Waals surface area contributed by atoms with Gasteiger partial charge in [0, 0.05) is 45.6 Å². The minimum atomic E-state index is -0.372. The molecule has 9 nitrogen and oxygen atoms in total. The topological polar surface area (TPSA) is 94.6 Å². The Labute approximate surface area is 224 Å². The van der Waals surface area contributed by atoms with E-state index in [0.29, 0.717) is 51.3 Å². The predicted molar refractivity (Wildman–Crippen MR) is 142 cm³/mol. The number of amides is 1. The number of rotatable bonds is 13. The van der Waals surface area contributed by atoms with Crippen molar-refractivity contribution in [1.29, 1.82) is 0 Å². The second-order valence-electron chi connectivity index (χ2n) is 9.10. The zero-order valence-corrected chi connectivity index (χ0v) is 22.5. The Kier molecular flexibility index (Phi) is 11.6. The molecule has 1 aliphatic rings. The summed E-state index contributed by atoms with van der Waals surface area (Å²) in [5.41, 5.74) is 2.45. The Morgan fingerprint density at radius 2 is 1.68 bits per heavy atom. The van der Waals surface area contributed by atoms with Crippen molar-refractivity contribution in [2.45, 2.75) is 38.9 Å². The van der Waals surface area contributed by atoms with E-state index < -0.39 is 0 Å². The molecule has 9 heteroatoms. The van der Waals surface area contributed by atoms with Gasteiger partial charge < -0.3 is 23.8 Å². The van der Waals surface area contributed by atoms with Crippen LogP contribution in [0, 0.1) is 0 Å². The molecule has 2 aromatic carbocycles. The van der Waals surface area contributed by atoms with Crippen molar-refractivity contribution in [3.8, 4) is 5.75 Å². The van der Waals surface area contributed by atoms with Gasteiger partial charge >= 0.3 is 11.9 Å². The third-order valence-corrected chi connectivity index (χ3v) is 6.52. The fourth-order valence-corrected chi connectivity index (χ4v) is 4.34. The molecular weight excluding hydrogens is 488 g/mol. The first-order valence-corrected chi connectivity index (χ1v) is 13.0. The second-order valence-corrected chi connectivity index (χ2v) is 9.10. The number of methoxy groups -OCH3 is 2. The lowest BCUT2D eigenvalue weighted by molar-refractivity contribution is -0.143. The van der Waals surface area contributed by atoms with Crippen molar-refractivity contribution >= 4 is 17.8 Å². The maximum Gasteiger partial charge on any atom is 0.337 e. The van der Waals surface area contributed by atoms with E-state index in [2.05, 4.69) is 4.90 Å². The fourth-order valence-electron chi connectivity index (χ4n) is 4.34. The summed E-state index contributed by atoms with van der Waals surface area (Å²) in [7, 11) is 3.00. The van der Waals surface area contributed by atoms with E-state index in [9.17, 15) is 14.4 Å². The maximum atomic E-state index is 12.6. The molecule has 1 amide bonds. The lowest BCUT2D eigenvalue weighted by Gasteiger charge is -2.36. The molecule has 1 aliphatic heterocycles. The van der Waals surface area contributed by atoms with E-state index in [1.807, 2.05) is 41.3 Å². The van der Waals surface area contributed by atoms with Gasteiger partial charge in [0.2, 0.25) is 5.91 Å². The molecule has 0 bridgehead atoms. The summed E-state index contributed by atoms with van der Waals surface area (Å²) in [6.45, 7) is 5.92. The van der Waals surface area contributed by atoms with Crippen LogP contribution >= 0.6 is 0 Å². The third-order valence-electron chi connectivity index (χ3n) is 6.52. The molecular formula is C29H38N2O7. The van der Waals surface area contributed by atoms with E-state index in [-0.39, 0.29) is 30.4 Å². The SMILES string of the molecule is CCOC(=O)CCCC(=O)N1CCN(CC(OCc2ccc(C(=O)OC)cc2)c2cccc(OC)c2)CC1. The Hall–Kier alpha value is -3.43. The first-order chi connectivity index (χ1) is 18.4. The Morgan fingerprint density at radius 1 is 0.947 bits per heavy atom. The van der Waals surface area contributed by atoms with Gasteiger partial charge in [0.1, 0.15) is 5.75 Å². The van der Waals surface area contributed by atoms with Gasteiger partial charge in [0.05, 0.1) is 39.1 Å². The summed E-state index contributed by atoms with van der Waals surface area (Å²) in [4.78, 5) is 40.0. The van der Waals surface area contributed by atoms with Crippen molar-refractivity contribution in [2.75, 3.05) is 53.6 Å². The molecule has 206 valence electrons. The predicted octanol–water partition coefficient (Wildman–Crippen LogP) is 3.62. The number of hydrogen-bond donors (Lipinski definition) is 0.